The van der Waals surface area contributed by atoms with E-state index in [0.29, 0.717) is 22.7 Å². The van der Waals surface area contributed by atoms with Crippen molar-refractivity contribution in [3.05, 3.63) is 35.0 Å². The Balaban J connectivity index is 2.40. The van der Waals surface area contributed by atoms with Crippen LogP contribution in [0.2, 0.25) is 0 Å². The van der Waals surface area contributed by atoms with E-state index >= 15 is 0 Å². The molecule has 0 saturated heterocycles. The van der Waals surface area contributed by atoms with E-state index < -0.39 is 10.0 Å². The Labute approximate surface area is 124 Å². The minimum Gasteiger partial charge on any atom is -0.497 e. The van der Waals surface area contributed by atoms with Crippen LogP contribution in [0.15, 0.2) is 23.1 Å². The van der Waals surface area contributed by atoms with E-state index in [1.165, 1.54) is 0 Å². The fourth-order valence-corrected chi connectivity index (χ4v) is 3.68. The van der Waals surface area contributed by atoms with Crippen LogP contribution in [0.5, 0.6) is 5.75 Å². The Morgan fingerprint density at radius 1 is 1.24 bits per heavy atom. The average Bonchev–Trinajstić information content (AvgIpc) is 2.84. The van der Waals surface area contributed by atoms with Crippen LogP contribution >= 0.6 is 0 Å². The van der Waals surface area contributed by atoms with Crippen molar-refractivity contribution in [3.8, 4) is 5.75 Å². The summed E-state index contributed by atoms with van der Waals surface area (Å²) in [6.45, 7) is 5.45. The number of hydrogen-bond donors (Lipinski definition) is 2. The van der Waals surface area contributed by atoms with Crippen LogP contribution in [-0.4, -0.2) is 25.7 Å². The van der Waals surface area contributed by atoms with Crippen LogP contribution in [0.1, 0.15) is 23.7 Å². The summed E-state index contributed by atoms with van der Waals surface area (Å²) in [5, 5.41) is 6.73. The number of nitrogens with zero attached hydrogens (tertiary/aromatic N) is 1. The van der Waals surface area contributed by atoms with Crippen LogP contribution in [0.4, 0.5) is 5.82 Å². The molecule has 7 heteroatoms. The van der Waals surface area contributed by atoms with Gasteiger partial charge in [-0.25, -0.2) is 8.42 Å². The Hall–Kier alpha value is -2.02. The number of aromatic amines is 1. The maximum atomic E-state index is 12.5. The molecule has 2 aromatic rings. The van der Waals surface area contributed by atoms with Crippen molar-refractivity contribution < 1.29 is 13.2 Å². The highest BCUT2D eigenvalue weighted by Crippen LogP contribution is 2.27. The van der Waals surface area contributed by atoms with Crippen molar-refractivity contribution in [2.75, 3.05) is 11.8 Å². The molecule has 0 radical (unpaired) electrons. The van der Waals surface area contributed by atoms with Gasteiger partial charge in [0.05, 0.1) is 12.0 Å². The summed E-state index contributed by atoms with van der Waals surface area (Å²) in [6, 6.07) is 5.08. The van der Waals surface area contributed by atoms with Crippen LogP contribution < -0.4 is 9.46 Å². The molecular formula is C14H19N3O3S. The molecule has 0 saturated carbocycles. The molecule has 0 amide bonds. The number of aromatic nitrogens is 2. The second-order valence-electron chi connectivity index (χ2n) is 4.83. The molecule has 0 aliphatic rings. The highest BCUT2D eigenvalue weighted by Gasteiger charge is 2.21. The van der Waals surface area contributed by atoms with Gasteiger partial charge >= 0.3 is 0 Å². The Morgan fingerprint density at radius 2 is 1.86 bits per heavy atom. The molecule has 0 unspecified atom stereocenters. The van der Waals surface area contributed by atoms with Crippen LogP contribution in [-0.2, 0) is 16.4 Å². The predicted octanol–water partition coefficient (Wildman–Crippen LogP) is 2.40. The highest BCUT2D eigenvalue weighted by molar-refractivity contribution is 7.92. The number of methoxy groups -OCH3 is 1. The van der Waals surface area contributed by atoms with Crippen molar-refractivity contribution in [2.45, 2.75) is 32.1 Å². The van der Waals surface area contributed by atoms with Gasteiger partial charge in [-0.15, -0.1) is 0 Å². The van der Waals surface area contributed by atoms with Gasteiger partial charge in [0.25, 0.3) is 10.0 Å². The molecule has 2 N–H and O–H groups in total. The normalized spacial score (nSPS) is 11.4. The molecule has 0 fully saturated rings. The van der Waals surface area contributed by atoms with Gasteiger partial charge < -0.3 is 4.74 Å². The number of anilines is 1. The van der Waals surface area contributed by atoms with Gasteiger partial charge in [-0.05, 0) is 43.5 Å². The second-order valence-corrected chi connectivity index (χ2v) is 6.45. The smallest absolute Gasteiger partial charge is 0.263 e. The minimum atomic E-state index is -3.68. The van der Waals surface area contributed by atoms with E-state index in [0.717, 1.165) is 12.1 Å². The summed E-state index contributed by atoms with van der Waals surface area (Å²) in [5.74, 6) is 0.929. The van der Waals surface area contributed by atoms with Gasteiger partial charge in [0.2, 0.25) is 0 Å². The molecule has 114 valence electrons. The van der Waals surface area contributed by atoms with Crippen molar-refractivity contribution in [1.82, 2.24) is 10.2 Å². The summed E-state index contributed by atoms with van der Waals surface area (Å²) in [5.41, 5.74) is 2.13. The molecule has 1 heterocycles. The summed E-state index contributed by atoms with van der Waals surface area (Å²) in [6.07, 6.45) is 0.759. The van der Waals surface area contributed by atoms with Gasteiger partial charge in [0.1, 0.15) is 5.75 Å². The maximum Gasteiger partial charge on any atom is 0.263 e. The average molecular weight is 309 g/mol. The fraction of sp³-hybridized carbons (Fsp3) is 0.357. The number of benzene rings is 1. The largest absolute Gasteiger partial charge is 0.497 e. The number of aryl methyl sites for hydroxylation is 3. The predicted molar refractivity (Wildman–Crippen MR) is 81.2 cm³/mol. The standard InChI is InChI=1S/C14H19N3O3S/c1-5-11-8-13(16-15-11)17-21(18,19)14-9(2)6-12(20-4)7-10(14)3/h6-8H,5H2,1-4H3,(H2,15,16,17). The molecule has 21 heavy (non-hydrogen) atoms. The van der Waals surface area contributed by atoms with E-state index in [9.17, 15) is 8.42 Å². The van der Waals surface area contributed by atoms with Gasteiger partial charge in [0.15, 0.2) is 5.82 Å². The Kier molecular flexibility index (Phi) is 4.22. The zero-order valence-corrected chi connectivity index (χ0v) is 13.3. The fourth-order valence-electron chi connectivity index (χ4n) is 2.24. The lowest BCUT2D eigenvalue weighted by Crippen LogP contribution is -2.16. The molecule has 2 rings (SSSR count). The SMILES string of the molecule is CCc1cc(NS(=O)(=O)c2c(C)cc(OC)cc2C)n[nH]1. The summed E-state index contributed by atoms with van der Waals surface area (Å²) >= 11 is 0. The first-order valence-electron chi connectivity index (χ1n) is 6.59. The van der Waals surface area contributed by atoms with E-state index in [1.807, 2.05) is 6.92 Å². The van der Waals surface area contributed by atoms with E-state index in [2.05, 4.69) is 14.9 Å². The number of nitrogens with one attached hydrogen (secondary N) is 2. The summed E-state index contributed by atoms with van der Waals surface area (Å²) in [4.78, 5) is 0.254. The summed E-state index contributed by atoms with van der Waals surface area (Å²) in [7, 11) is -2.13. The van der Waals surface area contributed by atoms with Crippen molar-refractivity contribution >= 4 is 15.8 Å². The minimum absolute atomic E-state index is 0.254. The second kappa shape index (κ2) is 5.77. The monoisotopic (exact) mass is 309 g/mol. The van der Waals surface area contributed by atoms with Gasteiger partial charge in [-0.3, -0.25) is 9.82 Å². The third-order valence-electron chi connectivity index (χ3n) is 3.19. The number of hydrogen-bond acceptors (Lipinski definition) is 4. The molecule has 0 aliphatic carbocycles. The van der Waals surface area contributed by atoms with Crippen LogP contribution in [0.3, 0.4) is 0 Å². The van der Waals surface area contributed by atoms with Gasteiger partial charge in [-0.2, -0.15) is 5.10 Å². The zero-order chi connectivity index (χ0) is 15.6. The Morgan fingerprint density at radius 3 is 2.33 bits per heavy atom. The first-order valence-corrected chi connectivity index (χ1v) is 8.08. The maximum absolute atomic E-state index is 12.5. The third-order valence-corrected chi connectivity index (χ3v) is 4.85. The molecule has 0 atom stereocenters. The quantitative estimate of drug-likeness (QED) is 0.888. The van der Waals surface area contributed by atoms with Gasteiger partial charge in [-0.1, -0.05) is 6.92 Å². The van der Waals surface area contributed by atoms with Gasteiger partial charge in [0, 0.05) is 11.8 Å². The lowest BCUT2D eigenvalue weighted by Gasteiger charge is -2.13. The van der Waals surface area contributed by atoms with Crippen LogP contribution in [0, 0.1) is 13.8 Å². The number of sulfonamides is 1. The first-order chi connectivity index (χ1) is 9.87. The number of ether oxygens (including phenoxy) is 1. The molecule has 1 aromatic heterocycles. The molecule has 0 aliphatic heterocycles. The Bertz CT molecular complexity index is 728. The van der Waals surface area contributed by atoms with Crippen molar-refractivity contribution in [3.63, 3.8) is 0 Å². The molecular weight excluding hydrogens is 290 g/mol. The number of H-pyrrole nitrogens is 1. The molecule has 0 bridgehead atoms. The van der Waals surface area contributed by atoms with Crippen LogP contribution in [0.25, 0.3) is 0 Å². The number of rotatable bonds is 5. The zero-order valence-electron chi connectivity index (χ0n) is 12.5. The highest BCUT2D eigenvalue weighted by atomic mass is 32.2. The molecule has 0 spiro atoms. The third kappa shape index (κ3) is 3.18. The van der Waals surface area contributed by atoms with E-state index in [-0.39, 0.29) is 4.90 Å². The molecule has 1 aromatic carbocycles. The van der Waals surface area contributed by atoms with Crippen molar-refractivity contribution in [1.29, 1.82) is 0 Å². The first kappa shape index (κ1) is 15.4. The summed E-state index contributed by atoms with van der Waals surface area (Å²) < 4.78 is 32.7. The molecule has 6 nitrogen and oxygen atoms in total. The van der Waals surface area contributed by atoms with E-state index in [4.69, 9.17) is 4.74 Å². The lowest BCUT2D eigenvalue weighted by molar-refractivity contribution is 0.413. The van der Waals surface area contributed by atoms with E-state index in [1.54, 1.807) is 39.2 Å². The van der Waals surface area contributed by atoms with Crippen molar-refractivity contribution in [2.24, 2.45) is 0 Å². The lowest BCUT2D eigenvalue weighted by atomic mass is 10.1. The topological polar surface area (TPSA) is 84.1 Å².